The number of benzene rings is 1. The Kier molecular flexibility index (Phi) is 8.18. The van der Waals surface area contributed by atoms with E-state index in [1.54, 1.807) is 11.3 Å². The molecule has 2 N–H and O–H groups in total. The maximum absolute atomic E-state index is 13.4. The van der Waals surface area contributed by atoms with E-state index >= 15 is 0 Å². The normalized spacial score (nSPS) is 30.3. The zero-order chi connectivity index (χ0) is 31.9. The molecule has 242 valence electrons. The number of hydrogen-bond acceptors (Lipinski definition) is 7. The van der Waals surface area contributed by atoms with Crippen LogP contribution < -0.4 is 10.2 Å². The van der Waals surface area contributed by atoms with Gasteiger partial charge in [-0.25, -0.2) is 9.78 Å². The van der Waals surface area contributed by atoms with Gasteiger partial charge < -0.3 is 10.0 Å². The molecule has 4 heterocycles. The van der Waals surface area contributed by atoms with Crippen LogP contribution in [0.3, 0.4) is 0 Å². The van der Waals surface area contributed by atoms with E-state index in [2.05, 4.69) is 15.1 Å². The lowest BCUT2D eigenvalue weighted by Gasteiger charge is -2.57. The molecular weight excluding hydrogens is 683 g/mol. The van der Waals surface area contributed by atoms with E-state index < -0.39 is 11.9 Å². The Hall–Kier alpha value is -2.14. The lowest BCUT2D eigenvalue weighted by Crippen LogP contribution is -2.57. The van der Waals surface area contributed by atoms with Crippen molar-refractivity contribution in [3.8, 4) is 10.6 Å². The standard InChI is InChI=1S/C34H35Cl3N4O3S2/c1-16(33(43)44)4-24-25(36)10-22(11-26(24)37)31(42)39-34-38-29(28-12-23(35)15-45-28)32(46-34)40-13-19-2-3-41(27(19)14-40)30-20-6-17-5-18(8-20)9-21(30)7-17/h4,10-12,15,17-21,27,30H,2-3,5-9,13-14H2,1H3,(H,43,44)(H,38,39,42)/b16-4+/t17-,18+,19-,20-,21+,27+,30?/m0/s1. The van der Waals surface area contributed by atoms with Crippen LogP contribution in [0.25, 0.3) is 16.6 Å². The van der Waals surface area contributed by atoms with Crippen LogP contribution in [-0.2, 0) is 4.79 Å². The smallest absolute Gasteiger partial charge is 0.331 e. The number of thiophene rings is 1. The van der Waals surface area contributed by atoms with Crippen LogP contribution in [0.15, 0.2) is 29.2 Å². The lowest BCUT2D eigenvalue weighted by atomic mass is 9.54. The fourth-order valence-corrected chi connectivity index (χ4v) is 12.2. The molecule has 1 amide bonds. The Morgan fingerprint density at radius 1 is 1.00 bits per heavy atom. The van der Waals surface area contributed by atoms with Gasteiger partial charge in [0.25, 0.3) is 5.91 Å². The van der Waals surface area contributed by atoms with Crippen LogP contribution in [0.2, 0.25) is 15.1 Å². The second-order valence-electron chi connectivity index (χ2n) is 13.9. The average molecular weight is 718 g/mol. The van der Waals surface area contributed by atoms with Crippen LogP contribution in [0, 0.1) is 29.6 Å². The Labute approximate surface area is 291 Å². The van der Waals surface area contributed by atoms with E-state index in [4.69, 9.17) is 39.8 Å². The molecule has 2 aliphatic heterocycles. The summed E-state index contributed by atoms with van der Waals surface area (Å²) in [5.74, 6) is 2.89. The molecule has 4 bridgehead atoms. The van der Waals surface area contributed by atoms with Gasteiger partial charge in [0, 0.05) is 47.3 Å². The number of nitrogens with zero attached hydrogens (tertiary/aromatic N) is 3. The van der Waals surface area contributed by atoms with Gasteiger partial charge in [-0.1, -0.05) is 46.1 Å². The molecule has 2 aromatic heterocycles. The minimum atomic E-state index is -1.07. The Balaban J connectivity index is 1.04. The number of rotatable bonds is 7. The van der Waals surface area contributed by atoms with Gasteiger partial charge in [-0.2, -0.15) is 0 Å². The Morgan fingerprint density at radius 3 is 2.33 bits per heavy atom. The highest BCUT2D eigenvalue weighted by molar-refractivity contribution is 7.21. The summed E-state index contributed by atoms with van der Waals surface area (Å²) in [5, 5.41) is 16.8. The van der Waals surface area contributed by atoms with Crippen molar-refractivity contribution >= 4 is 85.6 Å². The number of halogens is 3. The number of nitrogens with one attached hydrogen (secondary N) is 1. The predicted molar refractivity (Wildman–Crippen MR) is 188 cm³/mol. The largest absolute Gasteiger partial charge is 0.478 e. The number of thiazole rings is 1. The topological polar surface area (TPSA) is 85.8 Å². The van der Waals surface area contributed by atoms with E-state index in [1.165, 1.54) is 81.5 Å². The molecule has 6 fully saturated rings. The summed E-state index contributed by atoms with van der Waals surface area (Å²) in [6.45, 7) is 4.66. The fourth-order valence-electron chi connectivity index (χ4n) is 9.45. The maximum Gasteiger partial charge on any atom is 0.331 e. The number of fused-ring (bicyclic) bond motifs is 1. The van der Waals surface area contributed by atoms with E-state index in [1.807, 2.05) is 11.4 Å². The van der Waals surface area contributed by atoms with Crippen molar-refractivity contribution in [1.82, 2.24) is 9.88 Å². The molecule has 0 radical (unpaired) electrons. The van der Waals surface area contributed by atoms with Crippen molar-refractivity contribution in [3.05, 3.63) is 55.3 Å². The summed E-state index contributed by atoms with van der Waals surface area (Å²) in [5.41, 5.74) is 1.55. The minimum absolute atomic E-state index is 0.0877. The van der Waals surface area contributed by atoms with Crippen molar-refractivity contribution in [1.29, 1.82) is 0 Å². The molecule has 4 aliphatic carbocycles. The highest BCUT2D eigenvalue weighted by Crippen LogP contribution is 2.57. The first-order chi connectivity index (χ1) is 22.1. The van der Waals surface area contributed by atoms with E-state index in [0.717, 1.165) is 58.4 Å². The zero-order valence-corrected chi connectivity index (χ0v) is 29.2. The first-order valence-corrected chi connectivity index (χ1v) is 18.9. The van der Waals surface area contributed by atoms with Crippen LogP contribution >= 0.6 is 57.5 Å². The van der Waals surface area contributed by atoms with Gasteiger partial charge in [-0.3, -0.25) is 15.0 Å². The molecule has 9 rings (SSSR count). The number of likely N-dealkylation sites (tertiary alicyclic amines) is 1. The quantitative estimate of drug-likeness (QED) is 0.238. The van der Waals surface area contributed by atoms with E-state index in [9.17, 15) is 14.7 Å². The number of aliphatic carboxylic acids is 1. The number of amides is 1. The molecule has 0 spiro atoms. The van der Waals surface area contributed by atoms with Crippen molar-refractivity contribution in [2.75, 3.05) is 29.9 Å². The lowest BCUT2D eigenvalue weighted by molar-refractivity contribution is -0.132. The Bertz CT molecular complexity index is 1700. The minimum Gasteiger partial charge on any atom is -0.478 e. The molecule has 2 saturated heterocycles. The van der Waals surface area contributed by atoms with E-state index in [0.29, 0.717) is 27.7 Å². The molecule has 7 nitrogen and oxygen atoms in total. The second kappa shape index (κ2) is 12.1. The van der Waals surface area contributed by atoms with Gasteiger partial charge in [0.2, 0.25) is 0 Å². The summed E-state index contributed by atoms with van der Waals surface area (Å²) in [6, 6.07) is 6.25. The number of hydrogen-bond donors (Lipinski definition) is 2. The maximum atomic E-state index is 13.4. The van der Waals surface area contributed by atoms with Gasteiger partial charge in [0.15, 0.2) is 5.13 Å². The monoisotopic (exact) mass is 716 g/mol. The van der Waals surface area contributed by atoms with Gasteiger partial charge in [-0.05, 0) is 106 Å². The number of anilines is 2. The molecule has 6 aliphatic rings. The fraction of sp³-hybridized carbons (Fsp3) is 0.500. The highest BCUT2D eigenvalue weighted by Gasteiger charge is 2.54. The van der Waals surface area contributed by atoms with Crippen LogP contribution in [0.4, 0.5) is 10.1 Å². The third kappa shape index (κ3) is 5.59. The number of carboxylic acids is 1. The first kappa shape index (κ1) is 31.1. The van der Waals surface area contributed by atoms with Gasteiger partial charge in [-0.15, -0.1) is 11.3 Å². The molecule has 2 atom stereocenters. The first-order valence-electron chi connectivity index (χ1n) is 16.1. The van der Waals surface area contributed by atoms with Crippen LogP contribution in [0.1, 0.15) is 61.4 Å². The molecular formula is C34H35Cl3N4O3S2. The highest BCUT2D eigenvalue weighted by atomic mass is 35.5. The summed E-state index contributed by atoms with van der Waals surface area (Å²) >= 11 is 22.3. The van der Waals surface area contributed by atoms with Gasteiger partial charge >= 0.3 is 5.97 Å². The number of carbonyl (C=O) groups is 2. The summed E-state index contributed by atoms with van der Waals surface area (Å²) in [6.07, 6.45) is 9.88. The molecule has 4 saturated carbocycles. The third-order valence-corrected chi connectivity index (χ3v) is 14.0. The van der Waals surface area contributed by atoms with Gasteiger partial charge in [0.1, 0.15) is 10.7 Å². The number of carboxylic acid groups (broad SMARTS) is 1. The Morgan fingerprint density at radius 2 is 1.70 bits per heavy atom. The van der Waals surface area contributed by atoms with Crippen molar-refractivity contribution in [3.63, 3.8) is 0 Å². The second-order valence-corrected chi connectivity index (χ2v) is 17.1. The SMILES string of the molecule is C/C(=C\c1c(Cl)cc(C(=O)Nc2nc(-c3cc(Cl)cs3)c(N3C[C@@H]4CCN(C5[C@H]6C[C@@H]7C[C@@H](C[C@H]5C7)C6)[C@@H]4C3)s2)cc1Cl)C(=O)O. The van der Waals surface area contributed by atoms with Gasteiger partial charge in [0.05, 0.1) is 19.9 Å². The number of carbonyl (C=O) groups excluding carboxylic acids is 1. The summed E-state index contributed by atoms with van der Waals surface area (Å²) in [4.78, 5) is 36.0. The zero-order valence-electron chi connectivity index (χ0n) is 25.3. The summed E-state index contributed by atoms with van der Waals surface area (Å²) < 4.78 is 0. The average Bonchev–Trinajstić information content (AvgIpc) is 3.79. The predicted octanol–water partition coefficient (Wildman–Crippen LogP) is 8.91. The van der Waals surface area contributed by atoms with Crippen molar-refractivity contribution in [2.45, 2.75) is 57.5 Å². The van der Waals surface area contributed by atoms with Crippen LogP contribution in [-0.4, -0.2) is 58.6 Å². The summed E-state index contributed by atoms with van der Waals surface area (Å²) in [7, 11) is 0. The molecule has 3 aromatic rings. The van der Waals surface area contributed by atoms with Crippen LogP contribution in [0.5, 0.6) is 0 Å². The van der Waals surface area contributed by atoms with Crippen molar-refractivity contribution in [2.24, 2.45) is 29.6 Å². The molecule has 12 heteroatoms. The third-order valence-electron chi connectivity index (χ3n) is 11.1. The molecule has 1 aromatic carbocycles. The van der Waals surface area contributed by atoms with E-state index in [-0.39, 0.29) is 21.2 Å². The van der Waals surface area contributed by atoms with Crippen molar-refractivity contribution < 1.29 is 14.7 Å². The molecule has 46 heavy (non-hydrogen) atoms. The number of aromatic nitrogens is 1. The molecule has 0 unspecified atom stereocenters.